The Morgan fingerprint density at radius 1 is 1.17 bits per heavy atom. The fourth-order valence-electron chi connectivity index (χ4n) is 6.12. The Labute approximate surface area is 151 Å². The molecule has 0 radical (unpaired) electrons. The van der Waals surface area contributed by atoms with Gasteiger partial charge in [-0.25, -0.2) is 0 Å². The molecular weight excluding hydrogens is 318 g/mol. The first-order chi connectivity index (χ1) is 11.6. The molecule has 3 heteroatoms. The second-order valence-electron chi connectivity index (χ2n) is 8.58. The van der Waals surface area contributed by atoms with Crippen molar-refractivity contribution >= 4 is 11.6 Å². The second-order valence-corrected chi connectivity index (χ2v) is 8.99. The van der Waals surface area contributed by atoms with Gasteiger partial charge < -0.3 is 10.1 Å². The molecule has 0 aromatic heterocycles. The quantitative estimate of drug-likeness (QED) is 0.740. The van der Waals surface area contributed by atoms with Crippen molar-refractivity contribution in [3.8, 4) is 5.75 Å². The van der Waals surface area contributed by atoms with Gasteiger partial charge in [0.2, 0.25) is 0 Å². The Morgan fingerprint density at radius 2 is 1.79 bits per heavy atom. The molecule has 4 saturated carbocycles. The molecule has 1 atom stereocenters. The Morgan fingerprint density at radius 3 is 2.33 bits per heavy atom. The SMILES string of the molecule is CCOc1ccc(CNC(C)C23CC4CC(CC(C4)C2)C3)cc1Cl. The lowest BCUT2D eigenvalue weighted by molar-refractivity contribution is -0.0706. The van der Waals surface area contributed by atoms with Gasteiger partial charge in [-0.3, -0.25) is 0 Å². The summed E-state index contributed by atoms with van der Waals surface area (Å²) in [5.41, 5.74) is 1.81. The lowest BCUT2D eigenvalue weighted by Crippen LogP contribution is -2.54. The van der Waals surface area contributed by atoms with Gasteiger partial charge in [0.05, 0.1) is 11.6 Å². The number of ether oxygens (including phenoxy) is 1. The second kappa shape index (κ2) is 6.53. The predicted octanol–water partition coefficient (Wildman–Crippen LogP) is 5.43. The molecule has 1 aromatic carbocycles. The smallest absolute Gasteiger partial charge is 0.137 e. The zero-order chi connectivity index (χ0) is 16.7. The fourth-order valence-corrected chi connectivity index (χ4v) is 6.38. The predicted molar refractivity (Wildman–Crippen MR) is 99.5 cm³/mol. The van der Waals surface area contributed by atoms with Crippen molar-refractivity contribution in [2.24, 2.45) is 23.2 Å². The summed E-state index contributed by atoms with van der Waals surface area (Å²) < 4.78 is 5.53. The van der Waals surface area contributed by atoms with Crippen LogP contribution in [0.4, 0.5) is 0 Å². The van der Waals surface area contributed by atoms with Crippen LogP contribution >= 0.6 is 11.6 Å². The van der Waals surface area contributed by atoms with Gasteiger partial charge >= 0.3 is 0 Å². The highest BCUT2D eigenvalue weighted by molar-refractivity contribution is 6.32. The van der Waals surface area contributed by atoms with E-state index in [1.165, 1.54) is 44.1 Å². The molecule has 2 nitrogen and oxygen atoms in total. The van der Waals surface area contributed by atoms with Gasteiger partial charge in [0.25, 0.3) is 0 Å². The molecular formula is C21H30ClNO. The van der Waals surface area contributed by atoms with Crippen LogP contribution in [0.1, 0.15) is 57.9 Å². The summed E-state index contributed by atoms with van der Waals surface area (Å²) >= 11 is 6.33. The van der Waals surface area contributed by atoms with Crippen LogP contribution in [0.15, 0.2) is 18.2 Å². The van der Waals surface area contributed by atoms with Crippen molar-refractivity contribution < 1.29 is 4.74 Å². The van der Waals surface area contributed by atoms with Crippen molar-refractivity contribution in [3.05, 3.63) is 28.8 Å². The van der Waals surface area contributed by atoms with E-state index in [1.807, 2.05) is 19.1 Å². The molecule has 24 heavy (non-hydrogen) atoms. The Kier molecular flexibility index (Phi) is 4.55. The van der Waals surface area contributed by atoms with E-state index in [2.05, 4.69) is 18.3 Å². The first-order valence-corrected chi connectivity index (χ1v) is 10.1. The van der Waals surface area contributed by atoms with E-state index in [9.17, 15) is 0 Å². The van der Waals surface area contributed by atoms with Crippen LogP contribution in [0.3, 0.4) is 0 Å². The summed E-state index contributed by atoms with van der Waals surface area (Å²) in [6.07, 6.45) is 8.91. The molecule has 4 aliphatic carbocycles. The van der Waals surface area contributed by atoms with Gasteiger partial charge in [0.1, 0.15) is 5.75 Å². The van der Waals surface area contributed by atoms with Gasteiger partial charge in [0.15, 0.2) is 0 Å². The molecule has 1 aromatic rings. The maximum Gasteiger partial charge on any atom is 0.137 e. The van der Waals surface area contributed by atoms with E-state index in [0.29, 0.717) is 18.1 Å². The molecule has 132 valence electrons. The van der Waals surface area contributed by atoms with Crippen LogP contribution in [0.5, 0.6) is 5.75 Å². The summed E-state index contributed by atoms with van der Waals surface area (Å²) in [6, 6.07) is 6.77. The molecule has 1 N–H and O–H groups in total. The number of hydrogen-bond acceptors (Lipinski definition) is 2. The molecule has 0 amide bonds. The molecule has 0 spiro atoms. The molecule has 1 unspecified atom stereocenters. The number of halogens is 1. The van der Waals surface area contributed by atoms with Crippen LogP contribution in [-0.2, 0) is 6.54 Å². The minimum Gasteiger partial charge on any atom is -0.492 e. The molecule has 4 bridgehead atoms. The maximum atomic E-state index is 6.33. The highest BCUT2D eigenvalue weighted by atomic mass is 35.5. The first kappa shape index (κ1) is 16.7. The normalized spacial score (nSPS) is 35.2. The largest absolute Gasteiger partial charge is 0.492 e. The number of benzene rings is 1. The van der Waals surface area contributed by atoms with E-state index in [4.69, 9.17) is 16.3 Å². The topological polar surface area (TPSA) is 21.3 Å². The third-order valence-corrected chi connectivity index (χ3v) is 7.21. The molecule has 4 aliphatic rings. The Bertz CT molecular complexity index is 564. The highest BCUT2D eigenvalue weighted by Gasteiger charge is 2.52. The van der Waals surface area contributed by atoms with E-state index in [1.54, 1.807) is 0 Å². The van der Waals surface area contributed by atoms with Crippen molar-refractivity contribution in [2.75, 3.05) is 6.61 Å². The molecule has 0 aliphatic heterocycles. The van der Waals surface area contributed by atoms with Gasteiger partial charge in [0, 0.05) is 12.6 Å². The third kappa shape index (κ3) is 3.08. The first-order valence-electron chi connectivity index (χ1n) is 9.72. The van der Waals surface area contributed by atoms with Crippen LogP contribution in [0.25, 0.3) is 0 Å². The van der Waals surface area contributed by atoms with E-state index >= 15 is 0 Å². The Hall–Kier alpha value is -0.730. The van der Waals surface area contributed by atoms with Gasteiger partial charge in [-0.05, 0) is 93.2 Å². The van der Waals surface area contributed by atoms with Crippen LogP contribution in [-0.4, -0.2) is 12.6 Å². The van der Waals surface area contributed by atoms with Crippen LogP contribution in [0, 0.1) is 23.2 Å². The van der Waals surface area contributed by atoms with Gasteiger partial charge in [-0.15, -0.1) is 0 Å². The van der Waals surface area contributed by atoms with Crippen molar-refractivity contribution in [1.29, 1.82) is 0 Å². The molecule has 5 rings (SSSR count). The number of rotatable bonds is 6. The number of nitrogens with one attached hydrogen (secondary N) is 1. The van der Waals surface area contributed by atoms with Crippen molar-refractivity contribution in [1.82, 2.24) is 5.32 Å². The lowest BCUT2D eigenvalue weighted by atomic mass is 9.48. The van der Waals surface area contributed by atoms with Crippen LogP contribution < -0.4 is 10.1 Å². The Balaban J connectivity index is 1.40. The minimum absolute atomic E-state index is 0.559. The number of hydrogen-bond donors (Lipinski definition) is 1. The summed E-state index contributed by atoms with van der Waals surface area (Å²) in [6.45, 7) is 5.96. The maximum absolute atomic E-state index is 6.33. The average molecular weight is 348 g/mol. The van der Waals surface area contributed by atoms with E-state index in [0.717, 1.165) is 35.1 Å². The summed E-state index contributed by atoms with van der Waals surface area (Å²) in [5, 5.41) is 4.56. The van der Waals surface area contributed by atoms with E-state index < -0.39 is 0 Å². The van der Waals surface area contributed by atoms with E-state index in [-0.39, 0.29) is 0 Å². The third-order valence-electron chi connectivity index (χ3n) is 6.91. The fraction of sp³-hybridized carbons (Fsp3) is 0.714. The summed E-state index contributed by atoms with van der Waals surface area (Å²) in [5.74, 6) is 3.83. The van der Waals surface area contributed by atoms with Gasteiger partial charge in [-0.1, -0.05) is 17.7 Å². The standard InChI is InChI=1S/C21H30ClNO/c1-3-24-20-5-4-15(9-19(20)22)13-23-14(2)21-10-16-6-17(11-21)8-18(7-16)12-21/h4-5,9,14,16-18,23H,3,6-8,10-13H2,1-2H3. The monoisotopic (exact) mass is 347 g/mol. The molecule has 4 fully saturated rings. The minimum atomic E-state index is 0.559. The highest BCUT2D eigenvalue weighted by Crippen LogP contribution is 2.61. The van der Waals surface area contributed by atoms with Crippen molar-refractivity contribution in [3.63, 3.8) is 0 Å². The zero-order valence-electron chi connectivity index (χ0n) is 15.0. The van der Waals surface area contributed by atoms with Gasteiger partial charge in [-0.2, -0.15) is 0 Å². The summed E-state index contributed by atoms with van der Waals surface area (Å²) in [7, 11) is 0. The average Bonchev–Trinajstić information content (AvgIpc) is 2.54. The zero-order valence-corrected chi connectivity index (χ0v) is 15.7. The summed E-state index contributed by atoms with van der Waals surface area (Å²) in [4.78, 5) is 0. The lowest BCUT2D eigenvalue weighted by Gasteiger charge is -2.59. The molecule has 0 heterocycles. The van der Waals surface area contributed by atoms with Crippen LogP contribution in [0.2, 0.25) is 5.02 Å². The molecule has 0 saturated heterocycles. The van der Waals surface area contributed by atoms with Crippen molar-refractivity contribution in [2.45, 2.75) is 65.0 Å².